The van der Waals surface area contributed by atoms with Crippen molar-refractivity contribution >= 4 is 17.9 Å². The zero-order valence-electron chi connectivity index (χ0n) is 19.1. The molecule has 1 aliphatic heterocycles. The van der Waals surface area contributed by atoms with Crippen molar-refractivity contribution in [2.75, 3.05) is 45.8 Å². The van der Waals surface area contributed by atoms with Gasteiger partial charge in [0.05, 0.1) is 6.20 Å². The highest BCUT2D eigenvalue weighted by atomic mass is 16.2. The Kier molecular flexibility index (Phi) is 8.92. The number of nitrogens with zero attached hydrogens (tertiary/aromatic N) is 5. The SMILES string of the molecule is CC(C)CN(CCC(=O)N1CCN(C/C=C/c2ccccc2)CC1)C(=O)c1cnccn1. The van der Waals surface area contributed by atoms with Gasteiger partial charge in [0.15, 0.2) is 0 Å². The molecule has 1 aromatic carbocycles. The van der Waals surface area contributed by atoms with Crippen molar-refractivity contribution < 1.29 is 9.59 Å². The van der Waals surface area contributed by atoms with E-state index in [-0.39, 0.29) is 11.8 Å². The third-order valence-corrected chi connectivity index (χ3v) is 5.45. The van der Waals surface area contributed by atoms with Gasteiger partial charge < -0.3 is 9.80 Å². The largest absolute Gasteiger partial charge is 0.340 e. The first-order chi connectivity index (χ1) is 15.5. The van der Waals surface area contributed by atoms with Crippen LogP contribution in [-0.2, 0) is 4.79 Å². The zero-order valence-corrected chi connectivity index (χ0v) is 19.1. The summed E-state index contributed by atoms with van der Waals surface area (Å²) in [6, 6.07) is 10.3. The molecule has 0 bridgehead atoms. The quantitative estimate of drug-likeness (QED) is 0.606. The maximum atomic E-state index is 12.8. The van der Waals surface area contributed by atoms with E-state index in [4.69, 9.17) is 0 Å². The molecule has 0 aliphatic carbocycles. The van der Waals surface area contributed by atoms with Crippen LogP contribution in [0.25, 0.3) is 6.08 Å². The van der Waals surface area contributed by atoms with Gasteiger partial charge in [0, 0.05) is 64.6 Å². The number of piperazine rings is 1. The van der Waals surface area contributed by atoms with Gasteiger partial charge in [-0.3, -0.25) is 19.5 Å². The molecule has 0 saturated carbocycles. The minimum atomic E-state index is -0.172. The second kappa shape index (κ2) is 12.1. The van der Waals surface area contributed by atoms with Crippen LogP contribution in [-0.4, -0.2) is 82.3 Å². The number of amides is 2. The van der Waals surface area contributed by atoms with Crippen LogP contribution in [0.5, 0.6) is 0 Å². The standard InChI is InChI=1S/C25H33N5O2/c1-21(2)20-30(25(32)23-19-26-11-12-27-23)14-10-24(31)29-17-15-28(16-18-29)13-6-9-22-7-4-3-5-8-22/h3-9,11-12,19,21H,10,13-18,20H2,1-2H3/b9-6+. The predicted octanol–water partition coefficient (Wildman–Crippen LogP) is 2.82. The molecule has 2 aromatic rings. The van der Waals surface area contributed by atoms with E-state index in [9.17, 15) is 9.59 Å². The van der Waals surface area contributed by atoms with Crippen molar-refractivity contribution in [2.45, 2.75) is 20.3 Å². The molecule has 1 aromatic heterocycles. The van der Waals surface area contributed by atoms with Crippen LogP contribution in [0.4, 0.5) is 0 Å². The number of carbonyl (C=O) groups excluding carboxylic acids is 2. The van der Waals surface area contributed by atoms with E-state index in [1.807, 2.05) is 23.1 Å². The lowest BCUT2D eigenvalue weighted by atomic mass is 10.2. The molecule has 0 unspecified atom stereocenters. The molecular formula is C25H33N5O2. The van der Waals surface area contributed by atoms with Gasteiger partial charge in [0.2, 0.25) is 5.91 Å². The third kappa shape index (κ3) is 7.27. The summed E-state index contributed by atoms with van der Waals surface area (Å²) in [5, 5.41) is 0. The van der Waals surface area contributed by atoms with Crippen molar-refractivity contribution in [3.05, 3.63) is 66.3 Å². The molecular weight excluding hydrogens is 402 g/mol. The molecule has 1 saturated heterocycles. The summed E-state index contributed by atoms with van der Waals surface area (Å²) in [7, 11) is 0. The Morgan fingerprint density at radius 1 is 1.09 bits per heavy atom. The van der Waals surface area contributed by atoms with Crippen molar-refractivity contribution in [2.24, 2.45) is 5.92 Å². The molecule has 0 atom stereocenters. The first kappa shape index (κ1) is 23.6. The Morgan fingerprint density at radius 2 is 1.84 bits per heavy atom. The first-order valence-electron chi connectivity index (χ1n) is 11.3. The van der Waals surface area contributed by atoms with Gasteiger partial charge in [-0.15, -0.1) is 0 Å². The van der Waals surface area contributed by atoms with E-state index in [1.165, 1.54) is 18.0 Å². The molecule has 7 heteroatoms. The van der Waals surface area contributed by atoms with Crippen LogP contribution >= 0.6 is 0 Å². The van der Waals surface area contributed by atoms with Gasteiger partial charge in [-0.1, -0.05) is 56.3 Å². The number of benzene rings is 1. The Labute approximate surface area is 190 Å². The first-order valence-corrected chi connectivity index (χ1v) is 11.3. The van der Waals surface area contributed by atoms with Crippen LogP contribution in [0.3, 0.4) is 0 Å². The van der Waals surface area contributed by atoms with Crippen LogP contribution in [0, 0.1) is 5.92 Å². The normalized spacial score (nSPS) is 14.8. The number of aromatic nitrogens is 2. The molecule has 2 amide bonds. The number of hydrogen-bond acceptors (Lipinski definition) is 5. The highest BCUT2D eigenvalue weighted by molar-refractivity contribution is 5.92. The maximum Gasteiger partial charge on any atom is 0.274 e. The molecule has 0 radical (unpaired) electrons. The van der Waals surface area contributed by atoms with Crippen molar-refractivity contribution in [1.82, 2.24) is 24.7 Å². The lowest BCUT2D eigenvalue weighted by molar-refractivity contribution is -0.133. The molecule has 170 valence electrons. The van der Waals surface area contributed by atoms with E-state index >= 15 is 0 Å². The second-order valence-electron chi connectivity index (χ2n) is 8.48. The zero-order chi connectivity index (χ0) is 22.8. The van der Waals surface area contributed by atoms with Crippen LogP contribution < -0.4 is 0 Å². The van der Waals surface area contributed by atoms with E-state index in [2.05, 4.69) is 53.0 Å². The lowest BCUT2D eigenvalue weighted by Crippen LogP contribution is -2.49. The summed E-state index contributed by atoms with van der Waals surface area (Å²) in [6.07, 6.45) is 9.17. The van der Waals surface area contributed by atoms with Gasteiger partial charge in [0.1, 0.15) is 5.69 Å². The van der Waals surface area contributed by atoms with Crippen LogP contribution in [0.15, 0.2) is 55.0 Å². The van der Waals surface area contributed by atoms with E-state index in [0.29, 0.717) is 31.1 Å². The third-order valence-electron chi connectivity index (χ3n) is 5.45. The van der Waals surface area contributed by atoms with Crippen molar-refractivity contribution in [1.29, 1.82) is 0 Å². The van der Waals surface area contributed by atoms with E-state index < -0.39 is 0 Å². The summed E-state index contributed by atoms with van der Waals surface area (Å²) in [4.78, 5) is 39.7. The number of carbonyl (C=O) groups is 2. The summed E-state index contributed by atoms with van der Waals surface area (Å²) < 4.78 is 0. The van der Waals surface area contributed by atoms with Gasteiger partial charge >= 0.3 is 0 Å². The fourth-order valence-corrected chi connectivity index (χ4v) is 3.76. The average Bonchev–Trinajstić information content (AvgIpc) is 2.82. The fourth-order valence-electron chi connectivity index (χ4n) is 3.76. The highest BCUT2D eigenvalue weighted by Gasteiger charge is 2.23. The van der Waals surface area contributed by atoms with E-state index in [1.54, 1.807) is 11.1 Å². The maximum absolute atomic E-state index is 12.8. The molecule has 0 spiro atoms. The monoisotopic (exact) mass is 435 g/mol. The molecule has 1 aliphatic rings. The fraction of sp³-hybridized carbons (Fsp3) is 0.440. The van der Waals surface area contributed by atoms with Gasteiger partial charge in [-0.05, 0) is 11.5 Å². The second-order valence-corrected chi connectivity index (χ2v) is 8.48. The Morgan fingerprint density at radius 3 is 2.50 bits per heavy atom. The summed E-state index contributed by atoms with van der Waals surface area (Å²) in [6.45, 7) is 9.15. The smallest absolute Gasteiger partial charge is 0.274 e. The topological polar surface area (TPSA) is 69.6 Å². The average molecular weight is 436 g/mol. The number of rotatable bonds is 9. The van der Waals surface area contributed by atoms with Gasteiger partial charge in [0.25, 0.3) is 5.91 Å². The summed E-state index contributed by atoms with van der Waals surface area (Å²) in [5.41, 5.74) is 1.51. The van der Waals surface area contributed by atoms with E-state index in [0.717, 1.165) is 32.7 Å². The van der Waals surface area contributed by atoms with Crippen molar-refractivity contribution in [3.63, 3.8) is 0 Å². The molecule has 7 nitrogen and oxygen atoms in total. The molecule has 2 heterocycles. The minimum Gasteiger partial charge on any atom is -0.340 e. The van der Waals surface area contributed by atoms with Crippen LogP contribution in [0.1, 0.15) is 36.3 Å². The summed E-state index contributed by atoms with van der Waals surface area (Å²) in [5.74, 6) is 0.234. The minimum absolute atomic E-state index is 0.102. The summed E-state index contributed by atoms with van der Waals surface area (Å²) >= 11 is 0. The lowest BCUT2D eigenvalue weighted by Gasteiger charge is -2.34. The molecule has 3 rings (SSSR count). The van der Waals surface area contributed by atoms with Gasteiger partial charge in [-0.2, -0.15) is 0 Å². The predicted molar refractivity (Wildman–Crippen MR) is 126 cm³/mol. The van der Waals surface area contributed by atoms with Crippen molar-refractivity contribution in [3.8, 4) is 0 Å². The Balaban J connectivity index is 1.45. The van der Waals surface area contributed by atoms with Crippen LogP contribution in [0.2, 0.25) is 0 Å². The highest BCUT2D eigenvalue weighted by Crippen LogP contribution is 2.09. The number of hydrogen-bond donors (Lipinski definition) is 0. The van der Waals surface area contributed by atoms with Gasteiger partial charge in [-0.25, -0.2) is 4.98 Å². The molecule has 1 fully saturated rings. The Hall–Kier alpha value is -3.06. The molecule has 32 heavy (non-hydrogen) atoms. The Bertz CT molecular complexity index is 878. The molecule has 0 N–H and O–H groups in total.